The normalized spacial score (nSPS) is 15.6. The third-order valence-corrected chi connectivity index (χ3v) is 3.97. The number of alkyl halides is 6. The van der Waals surface area contributed by atoms with Crippen LogP contribution in [0.15, 0.2) is 18.2 Å². The SMILES string of the molecule is O=C(CNc1nn(CC(F)(F)F)c2ccc(C(F)(F)F)cc12)NC1CNC1. The molecule has 1 aliphatic rings. The Balaban J connectivity index is 1.87. The minimum absolute atomic E-state index is 0.0457. The molecule has 0 saturated carbocycles. The zero-order valence-corrected chi connectivity index (χ0v) is 13.7. The molecule has 1 aromatic heterocycles. The van der Waals surface area contributed by atoms with E-state index in [4.69, 9.17) is 0 Å². The zero-order chi connectivity index (χ0) is 19.8. The van der Waals surface area contributed by atoms with E-state index in [1.54, 1.807) is 0 Å². The summed E-state index contributed by atoms with van der Waals surface area (Å²) in [7, 11) is 0. The average molecular weight is 395 g/mol. The summed E-state index contributed by atoms with van der Waals surface area (Å²) in [6.07, 6.45) is -9.26. The van der Waals surface area contributed by atoms with E-state index in [0.717, 1.165) is 6.07 Å². The van der Waals surface area contributed by atoms with Gasteiger partial charge in [0.2, 0.25) is 5.91 Å². The van der Waals surface area contributed by atoms with Crippen molar-refractivity contribution in [2.75, 3.05) is 25.0 Å². The minimum Gasteiger partial charge on any atom is -0.359 e. The maximum absolute atomic E-state index is 12.9. The Morgan fingerprint density at radius 2 is 1.93 bits per heavy atom. The van der Waals surface area contributed by atoms with E-state index in [9.17, 15) is 31.1 Å². The van der Waals surface area contributed by atoms with Crippen LogP contribution in [0.1, 0.15) is 5.56 Å². The molecule has 0 bridgehead atoms. The van der Waals surface area contributed by atoms with Crippen molar-refractivity contribution < 1.29 is 31.1 Å². The number of rotatable bonds is 5. The largest absolute Gasteiger partial charge is 0.416 e. The number of anilines is 1. The van der Waals surface area contributed by atoms with E-state index >= 15 is 0 Å². The van der Waals surface area contributed by atoms with Gasteiger partial charge in [0, 0.05) is 18.5 Å². The lowest BCUT2D eigenvalue weighted by atomic mass is 10.1. The number of benzene rings is 1. The fourth-order valence-corrected chi connectivity index (χ4v) is 2.61. The van der Waals surface area contributed by atoms with Gasteiger partial charge in [-0.15, -0.1) is 0 Å². The maximum Gasteiger partial charge on any atom is 0.416 e. The van der Waals surface area contributed by atoms with Crippen LogP contribution < -0.4 is 16.0 Å². The molecule has 0 radical (unpaired) electrons. The van der Waals surface area contributed by atoms with Crippen LogP contribution in [0.2, 0.25) is 0 Å². The number of fused-ring (bicyclic) bond motifs is 1. The summed E-state index contributed by atoms with van der Waals surface area (Å²) in [5, 5.41) is 11.7. The van der Waals surface area contributed by atoms with Gasteiger partial charge in [-0.1, -0.05) is 0 Å². The van der Waals surface area contributed by atoms with Crippen LogP contribution in [-0.2, 0) is 17.5 Å². The monoisotopic (exact) mass is 395 g/mol. The molecule has 0 spiro atoms. The molecule has 27 heavy (non-hydrogen) atoms. The van der Waals surface area contributed by atoms with Crippen LogP contribution >= 0.6 is 0 Å². The minimum atomic E-state index is -4.66. The highest BCUT2D eigenvalue weighted by Gasteiger charge is 2.33. The molecule has 1 aliphatic heterocycles. The summed E-state index contributed by atoms with van der Waals surface area (Å²) in [6.45, 7) is -0.588. The van der Waals surface area contributed by atoms with Crippen LogP contribution in [0.3, 0.4) is 0 Å². The first-order valence-electron chi connectivity index (χ1n) is 7.91. The van der Waals surface area contributed by atoms with E-state index in [-0.39, 0.29) is 29.3 Å². The number of nitrogens with zero attached hydrogens (tertiary/aromatic N) is 2. The summed E-state index contributed by atoms with van der Waals surface area (Å²) in [4.78, 5) is 11.8. The van der Waals surface area contributed by atoms with Crippen LogP contribution in [0.5, 0.6) is 0 Å². The Hall–Kier alpha value is -2.50. The Morgan fingerprint density at radius 3 is 2.48 bits per heavy atom. The lowest BCUT2D eigenvalue weighted by molar-refractivity contribution is -0.142. The summed E-state index contributed by atoms with van der Waals surface area (Å²) in [6, 6.07) is 2.29. The molecular formula is C15H15F6N5O. The second-order valence-electron chi connectivity index (χ2n) is 6.13. The van der Waals surface area contributed by atoms with Crippen LogP contribution in [-0.4, -0.2) is 47.5 Å². The maximum atomic E-state index is 12.9. The van der Waals surface area contributed by atoms with Gasteiger partial charge >= 0.3 is 12.4 Å². The molecule has 6 nitrogen and oxygen atoms in total. The Morgan fingerprint density at radius 1 is 1.22 bits per heavy atom. The van der Waals surface area contributed by atoms with Gasteiger partial charge in [-0.3, -0.25) is 9.48 Å². The molecule has 1 aromatic carbocycles. The highest BCUT2D eigenvalue weighted by molar-refractivity contribution is 5.92. The number of nitrogens with one attached hydrogen (secondary N) is 3. The summed E-state index contributed by atoms with van der Waals surface area (Å²) in [5.41, 5.74) is -1.14. The summed E-state index contributed by atoms with van der Waals surface area (Å²) < 4.78 is 77.5. The van der Waals surface area contributed by atoms with Gasteiger partial charge in [0.05, 0.1) is 23.7 Å². The standard InChI is InChI=1S/C15H15F6N5O/c16-14(17,18)7-26-11-2-1-8(15(19,20)21)3-10(11)13(25-26)23-6-12(27)24-9-4-22-5-9/h1-3,9,22H,4-7H2,(H,23,25)(H,24,27). The highest BCUT2D eigenvalue weighted by Crippen LogP contribution is 2.34. The van der Waals surface area contributed by atoms with Crippen molar-refractivity contribution in [2.24, 2.45) is 0 Å². The highest BCUT2D eigenvalue weighted by atomic mass is 19.4. The van der Waals surface area contributed by atoms with Gasteiger partial charge in [0.1, 0.15) is 6.54 Å². The molecule has 2 aromatic rings. The second-order valence-corrected chi connectivity index (χ2v) is 6.13. The molecule has 12 heteroatoms. The molecule has 3 rings (SSSR count). The van der Waals surface area contributed by atoms with Gasteiger partial charge in [-0.05, 0) is 18.2 Å². The molecule has 0 unspecified atom stereocenters. The van der Waals surface area contributed by atoms with Crippen molar-refractivity contribution in [3.8, 4) is 0 Å². The number of hydrogen-bond donors (Lipinski definition) is 3. The summed E-state index contributed by atoms with van der Waals surface area (Å²) >= 11 is 0. The van der Waals surface area contributed by atoms with E-state index in [2.05, 4.69) is 21.0 Å². The van der Waals surface area contributed by atoms with Crippen molar-refractivity contribution in [3.63, 3.8) is 0 Å². The summed E-state index contributed by atoms with van der Waals surface area (Å²) in [5.74, 6) is -0.658. The number of halogens is 6. The Bertz CT molecular complexity index is 840. The third kappa shape index (κ3) is 4.62. The molecule has 1 saturated heterocycles. The van der Waals surface area contributed by atoms with E-state index in [0.29, 0.717) is 29.9 Å². The quantitative estimate of drug-likeness (QED) is 0.679. The fourth-order valence-electron chi connectivity index (χ4n) is 2.61. The number of hydrogen-bond acceptors (Lipinski definition) is 4. The lowest BCUT2D eigenvalue weighted by Gasteiger charge is -2.27. The average Bonchev–Trinajstić information content (AvgIpc) is 2.83. The molecule has 0 atom stereocenters. The van der Waals surface area contributed by atoms with Crippen molar-refractivity contribution in [1.29, 1.82) is 0 Å². The number of amides is 1. The van der Waals surface area contributed by atoms with Crippen molar-refractivity contribution in [2.45, 2.75) is 24.9 Å². The topological polar surface area (TPSA) is 71.0 Å². The zero-order valence-electron chi connectivity index (χ0n) is 13.7. The van der Waals surface area contributed by atoms with E-state index in [1.165, 1.54) is 0 Å². The van der Waals surface area contributed by atoms with E-state index in [1.807, 2.05) is 0 Å². The van der Waals surface area contributed by atoms with Gasteiger partial charge < -0.3 is 16.0 Å². The van der Waals surface area contributed by atoms with Crippen molar-refractivity contribution >= 4 is 22.6 Å². The molecular weight excluding hydrogens is 380 g/mol. The first kappa shape index (κ1) is 19.3. The van der Waals surface area contributed by atoms with Crippen molar-refractivity contribution in [1.82, 2.24) is 20.4 Å². The van der Waals surface area contributed by atoms with E-state index < -0.39 is 30.4 Å². The molecule has 1 amide bonds. The lowest BCUT2D eigenvalue weighted by Crippen LogP contribution is -2.57. The van der Waals surface area contributed by atoms with Gasteiger partial charge in [-0.2, -0.15) is 31.4 Å². The molecule has 0 aliphatic carbocycles. The fraction of sp³-hybridized carbons (Fsp3) is 0.467. The van der Waals surface area contributed by atoms with Crippen LogP contribution in [0.4, 0.5) is 32.2 Å². The predicted molar refractivity (Wildman–Crippen MR) is 84.1 cm³/mol. The first-order chi connectivity index (χ1) is 12.5. The van der Waals surface area contributed by atoms with Gasteiger partial charge in [0.15, 0.2) is 5.82 Å². The number of carbonyl (C=O) groups excluding carboxylic acids is 1. The molecule has 148 valence electrons. The Labute approximate surface area is 148 Å². The molecule has 1 fully saturated rings. The van der Waals surface area contributed by atoms with Gasteiger partial charge in [-0.25, -0.2) is 0 Å². The van der Waals surface area contributed by atoms with Crippen LogP contribution in [0.25, 0.3) is 10.9 Å². The third-order valence-electron chi connectivity index (χ3n) is 3.97. The molecule has 2 heterocycles. The number of carbonyl (C=O) groups is 1. The van der Waals surface area contributed by atoms with Crippen LogP contribution in [0, 0.1) is 0 Å². The Kier molecular flexibility index (Phi) is 4.93. The smallest absolute Gasteiger partial charge is 0.359 e. The van der Waals surface area contributed by atoms with Gasteiger partial charge in [0.25, 0.3) is 0 Å². The number of aromatic nitrogens is 2. The first-order valence-corrected chi connectivity index (χ1v) is 7.91. The molecule has 3 N–H and O–H groups in total. The van der Waals surface area contributed by atoms with Crippen molar-refractivity contribution in [3.05, 3.63) is 23.8 Å². The predicted octanol–water partition coefficient (Wildman–Crippen LogP) is 2.12. The second kappa shape index (κ2) is 6.91.